The minimum absolute atomic E-state index is 0.0312. The highest BCUT2D eigenvalue weighted by atomic mass is 32.2. The van der Waals surface area contributed by atoms with Gasteiger partial charge in [-0.1, -0.05) is 0 Å². The summed E-state index contributed by atoms with van der Waals surface area (Å²) in [6, 6.07) is -0.00242. The molecule has 0 aromatic heterocycles. The first kappa shape index (κ1) is 15.2. The maximum Gasteiger partial charge on any atom is 0.282 e. The Morgan fingerprint density at radius 2 is 2.05 bits per heavy atom. The molecule has 3 atom stereocenters. The van der Waals surface area contributed by atoms with E-state index in [-0.39, 0.29) is 18.2 Å². The smallest absolute Gasteiger partial charge is 0.282 e. The van der Waals surface area contributed by atoms with Crippen LogP contribution in [-0.4, -0.2) is 68.5 Å². The minimum atomic E-state index is -3.37. The molecule has 0 bridgehead atoms. The molecular formula is C12H25N3O3S. The molecule has 0 spiro atoms. The van der Waals surface area contributed by atoms with E-state index in [1.807, 2.05) is 20.9 Å². The molecule has 2 heterocycles. The molecule has 7 heteroatoms. The average molecular weight is 291 g/mol. The summed E-state index contributed by atoms with van der Waals surface area (Å²) in [6.45, 7) is 6.11. The summed E-state index contributed by atoms with van der Waals surface area (Å²) in [4.78, 5) is 0. The Balaban J connectivity index is 2.16. The lowest BCUT2D eigenvalue weighted by atomic mass is 10.2. The topological polar surface area (TPSA) is 61.9 Å². The van der Waals surface area contributed by atoms with Crippen molar-refractivity contribution >= 4 is 10.2 Å². The molecule has 0 unspecified atom stereocenters. The van der Waals surface area contributed by atoms with Gasteiger partial charge in [-0.15, -0.1) is 0 Å². The van der Waals surface area contributed by atoms with Crippen molar-refractivity contribution in [2.24, 2.45) is 0 Å². The van der Waals surface area contributed by atoms with Gasteiger partial charge < -0.3 is 10.1 Å². The van der Waals surface area contributed by atoms with Crippen molar-refractivity contribution < 1.29 is 13.2 Å². The van der Waals surface area contributed by atoms with Crippen LogP contribution in [0.2, 0.25) is 0 Å². The van der Waals surface area contributed by atoms with Gasteiger partial charge in [0.15, 0.2) is 0 Å². The van der Waals surface area contributed by atoms with Crippen LogP contribution in [0, 0.1) is 0 Å². The number of likely N-dealkylation sites (N-methyl/N-ethyl adjacent to an activating group) is 1. The zero-order chi connectivity index (χ0) is 14.0. The number of morpholine rings is 1. The van der Waals surface area contributed by atoms with Gasteiger partial charge in [-0.25, -0.2) is 0 Å². The Hall–Kier alpha value is -0.210. The normalized spacial score (nSPS) is 34.8. The molecule has 0 amide bonds. The van der Waals surface area contributed by atoms with Crippen LogP contribution in [0.15, 0.2) is 0 Å². The van der Waals surface area contributed by atoms with E-state index in [2.05, 4.69) is 5.32 Å². The number of ether oxygens (including phenoxy) is 1. The zero-order valence-corrected chi connectivity index (χ0v) is 12.8. The summed E-state index contributed by atoms with van der Waals surface area (Å²) in [5.41, 5.74) is 0. The van der Waals surface area contributed by atoms with Gasteiger partial charge >= 0.3 is 0 Å². The Morgan fingerprint density at radius 3 is 2.74 bits per heavy atom. The quantitative estimate of drug-likeness (QED) is 0.793. The van der Waals surface area contributed by atoms with E-state index >= 15 is 0 Å². The van der Waals surface area contributed by atoms with E-state index in [0.717, 1.165) is 12.8 Å². The van der Waals surface area contributed by atoms with Gasteiger partial charge in [-0.05, 0) is 33.7 Å². The lowest BCUT2D eigenvalue weighted by Gasteiger charge is -2.39. The van der Waals surface area contributed by atoms with Gasteiger partial charge in [0.2, 0.25) is 0 Å². The minimum Gasteiger partial charge on any atom is -0.375 e. The van der Waals surface area contributed by atoms with Gasteiger partial charge in [0.1, 0.15) is 0 Å². The van der Waals surface area contributed by atoms with Crippen LogP contribution in [0.3, 0.4) is 0 Å². The van der Waals surface area contributed by atoms with Crippen molar-refractivity contribution in [1.82, 2.24) is 13.9 Å². The molecule has 2 aliphatic rings. The SMILES string of the molecule is CNC[C@@H]1CCCN1S(=O)(=O)N1C[C@H](C)OC[C@@H]1C. The highest BCUT2D eigenvalue weighted by Gasteiger charge is 2.41. The molecule has 6 nitrogen and oxygen atoms in total. The number of nitrogens with one attached hydrogen (secondary N) is 1. The number of rotatable bonds is 4. The maximum absolute atomic E-state index is 12.8. The van der Waals surface area contributed by atoms with E-state index in [9.17, 15) is 8.42 Å². The van der Waals surface area contributed by atoms with E-state index in [0.29, 0.717) is 26.2 Å². The summed E-state index contributed by atoms with van der Waals surface area (Å²) >= 11 is 0. The standard InChI is InChI=1S/C12H25N3O3S/c1-10-9-18-11(2)8-15(10)19(16,17)14-6-4-5-12(14)7-13-3/h10-13H,4-9H2,1-3H3/t10-,11-,12-/m0/s1. The van der Waals surface area contributed by atoms with Gasteiger partial charge in [-0.3, -0.25) is 0 Å². The molecule has 112 valence electrons. The molecule has 2 aliphatic heterocycles. The average Bonchev–Trinajstić information content (AvgIpc) is 2.81. The van der Waals surface area contributed by atoms with Crippen molar-refractivity contribution in [3.63, 3.8) is 0 Å². The first-order valence-corrected chi connectivity index (χ1v) is 8.41. The van der Waals surface area contributed by atoms with Crippen molar-refractivity contribution in [2.45, 2.75) is 44.9 Å². The molecular weight excluding hydrogens is 266 g/mol. The first-order chi connectivity index (χ1) is 8.96. The first-order valence-electron chi connectivity index (χ1n) is 7.01. The van der Waals surface area contributed by atoms with Crippen LogP contribution in [0.4, 0.5) is 0 Å². The summed E-state index contributed by atoms with van der Waals surface area (Å²) in [5, 5.41) is 3.09. The molecule has 0 saturated carbocycles. The van der Waals surface area contributed by atoms with Crippen molar-refractivity contribution in [3.8, 4) is 0 Å². The Bertz CT molecular complexity index is 401. The summed E-state index contributed by atoms with van der Waals surface area (Å²) in [5.74, 6) is 0. The molecule has 2 saturated heterocycles. The summed E-state index contributed by atoms with van der Waals surface area (Å²) in [6.07, 6.45) is 1.85. The summed E-state index contributed by atoms with van der Waals surface area (Å²) in [7, 11) is -1.50. The van der Waals surface area contributed by atoms with Crippen molar-refractivity contribution in [1.29, 1.82) is 0 Å². The molecule has 2 fully saturated rings. The Morgan fingerprint density at radius 1 is 1.32 bits per heavy atom. The van der Waals surface area contributed by atoms with E-state index in [1.165, 1.54) is 0 Å². The third-order valence-corrected chi connectivity index (χ3v) is 6.08. The van der Waals surface area contributed by atoms with Gasteiger partial charge in [0, 0.05) is 31.7 Å². The second-order valence-corrected chi connectivity index (χ2v) is 7.37. The monoisotopic (exact) mass is 291 g/mol. The fraction of sp³-hybridized carbons (Fsp3) is 1.00. The predicted octanol–water partition coefficient (Wildman–Crippen LogP) is 0.0242. The fourth-order valence-corrected chi connectivity index (χ4v) is 4.98. The van der Waals surface area contributed by atoms with Gasteiger partial charge in [0.05, 0.1) is 12.7 Å². The molecule has 0 radical (unpaired) electrons. The van der Waals surface area contributed by atoms with E-state index in [4.69, 9.17) is 4.74 Å². The molecule has 0 aromatic rings. The predicted molar refractivity (Wildman–Crippen MR) is 74.2 cm³/mol. The molecule has 1 N–H and O–H groups in total. The molecule has 0 aromatic carbocycles. The Kier molecular flexibility index (Phi) is 4.84. The highest BCUT2D eigenvalue weighted by Crippen LogP contribution is 2.26. The second-order valence-electron chi connectivity index (χ2n) is 5.53. The number of hydrogen-bond donors (Lipinski definition) is 1. The largest absolute Gasteiger partial charge is 0.375 e. The molecule has 19 heavy (non-hydrogen) atoms. The van der Waals surface area contributed by atoms with E-state index < -0.39 is 10.2 Å². The Labute approximate surface area is 116 Å². The van der Waals surface area contributed by atoms with Crippen LogP contribution in [0.5, 0.6) is 0 Å². The van der Waals surface area contributed by atoms with Crippen LogP contribution < -0.4 is 5.32 Å². The third kappa shape index (κ3) is 3.11. The van der Waals surface area contributed by atoms with Gasteiger partial charge in [-0.2, -0.15) is 17.0 Å². The number of nitrogens with zero attached hydrogens (tertiary/aromatic N) is 2. The van der Waals surface area contributed by atoms with Crippen LogP contribution in [-0.2, 0) is 14.9 Å². The van der Waals surface area contributed by atoms with Gasteiger partial charge in [0.25, 0.3) is 10.2 Å². The maximum atomic E-state index is 12.8. The van der Waals surface area contributed by atoms with Crippen molar-refractivity contribution in [2.75, 3.05) is 33.3 Å². The molecule has 2 rings (SSSR count). The van der Waals surface area contributed by atoms with E-state index in [1.54, 1.807) is 8.61 Å². The zero-order valence-electron chi connectivity index (χ0n) is 12.0. The van der Waals surface area contributed by atoms with Crippen molar-refractivity contribution in [3.05, 3.63) is 0 Å². The summed E-state index contributed by atoms with van der Waals surface area (Å²) < 4.78 is 34.4. The second kappa shape index (κ2) is 6.05. The molecule has 0 aliphatic carbocycles. The number of hydrogen-bond acceptors (Lipinski definition) is 4. The highest BCUT2D eigenvalue weighted by molar-refractivity contribution is 7.86. The lowest BCUT2D eigenvalue weighted by molar-refractivity contribution is -0.0192. The van der Waals surface area contributed by atoms with Crippen LogP contribution >= 0.6 is 0 Å². The third-order valence-electron chi connectivity index (χ3n) is 3.91. The fourth-order valence-electron chi connectivity index (χ4n) is 2.88. The van der Waals surface area contributed by atoms with Crippen LogP contribution in [0.1, 0.15) is 26.7 Å². The lowest BCUT2D eigenvalue weighted by Crippen LogP contribution is -2.56. The van der Waals surface area contributed by atoms with Crippen LogP contribution in [0.25, 0.3) is 0 Å².